The Bertz CT molecular complexity index is 739. The van der Waals surface area contributed by atoms with Gasteiger partial charge in [-0.15, -0.1) is 0 Å². The van der Waals surface area contributed by atoms with Gasteiger partial charge in [-0.2, -0.15) is 79.0 Å². The Morgan fingerprint density at radius 1 is 0.341 bits per heavy atom. The van der Waals surface area contributed by atoms with Crippen molar-refractivity contribution in [3.05, 3.63) is 0 Å². The first kappa shape index (κ1) is 39.6. The minimum atomic E-state index is -6.85. The van der Waals surface area contributed by atoms with E-state index in [1.165, 1.54) is 0 Å². The van der Waals surface area contributed by atoms with E-state index in [4.69, 9.17) is 0 Å². The standard InChI is InChI=1S/C15H12F21O4P/c16-7(10(19,20)21,11(22,23)24)1-4-38-41(37,39-5-2-8(17,12(25,26)27)13(28,29)30)40-6-3-9(18,14(31,32)33)15(34,35)36/h1-6H2. The number of rotatable bonds is 12. The lowest BCUT2D eigenvalue weighted by atomic mass is 10.0. The second-order valence-corrected chi connectivity index (χ2v) is 9.26. The Balaban J connectivity index is 6.10. The van der Waals surface area contributed by atoms with Crippen LogP contribution in [0.25, 0.3) is 0 Å². The predicted octanol–water partition coefficient (Wildman–Crippen LogP) is 8.81. The molecular formula is C15H12F21O4P. The Hall–Kier alpha value is -1.36. The summed E-state index contributed by atoms with van der Waals surface area (Å²) < 4.78 is 290. The molecule has 0 N–H and O–H groups in total. The first-order valence-electron chi connectivity index (χ1n) is 9.63. The summed E-state index contributed by atoms with van der Waals surface area (Å²) in [4.78, 5) is 0. The maximum absolute atomic E-state index is 13.6. The number of hydrogen-bond donors (Lipinski definition) is 0. The van der Waals surface area contributed by atoms with Gasteiger partial charge in [0.1, 0.15) is 0 Å². The number of halogens is 21. The van der Waals surface area contributed by atoms with E-state index in [0.29, 0.717) is 0 Å². The van der Waals surface area contributed by atoms with Crippen molar-refractivity contribution in [2.45, 2.75) is 73.3 Å². The van der Waals surface area contributed by atoms with E-state index in [2.05, 4.69) is 13.6 Å². The summed E-state index contributed by atoms with van der Waals surface area (Å²) in [5.41, 5.74) is -18.8. The van der Waals surface area contributed by atoms with Gasteiger partial charge >= 0.3 is 61.9 Å². The lowest BCUT2D eigenvalue weighted by Gasteiger charge is -2.32. The molecule has 26 heteroatoms. The first-order valence-corrected chi connectivity index (χ1v) is 11.1. The van der Waals surface area contributed by atoms with Gasteiger partial charge in [-0.05, 0) is 0 Å². The van der Waals surface area contributed by atoms with Gasteiger partial charge in [0, 0.05) is 19.3 Å². The highest BCUT2D eigenvalue weighted by Gasteiger charge is 2.74. The van der Waals surface area contributed by atoms with E-state index in [1.807, 2.05) is 0 Å². The highest BCUT2D eigenvalue weighted by molar-refractivity contribution is 7.48. The summed E-state index contributed by atoms with van der Waals surface area (Å²) in [5.74, 6) is 0. The molecule has 0 radical (unpaired) electrons. The zero-order chi connectivity index (χ0) is 33.4. The largest absolute Gasteiger partial charge is 0.474 e. The zero-order valence-corrected chi connectivity index (χ0v) is 19.7. The Morgan fingerprint density at radius 2 is 0.488 bits per heavy atom. The molecule has 0 bridgehead atoms. The lowest BCUT2D eigenvalue weighted by Crippen LogP contribution is -2.54. The molecule has 0 aromatic heterocycles. The maximum Gasteiger partial charge on any atom is 0.474 e. The number of phosphoric ester groups is 1. The van der Waals surface area contributed by atoms with Crippen molar-refractivity contribution in [1.29, 1.82) is 0 Å². The molecule has 0 aromatic carbocycles. The minimum absolute atomic E-state index is 2.56. The van der Waals surface area contributed by atoms with Crippen LogP contribution < -0.4 is 0 Å². The molecule has 4 nitrogen and oxygen atoms in total. The fourth-order valence-electron chi connectivity index (χ4n) is 2.34. The number of alkyl halides is 21. The van der Waals surface area contributed by atoms with Crippen LogP contribution >= 0.6 is 7.82 Å². The summed E-state index contributed by atoms with van der Waals surface area (Å²) in [7, 11) is -6.50. The molecule has 0 atom stereocenters. The molecule has 41 heavy (non-hydrogen) atoms. The van der Waals surface area contributed by atoms with Crippen molar-refractivity contribution in [2.75, 3.05) is 19.8 Å². The maximum atomic E-state index is 13.6. The van der Waals surface area contributed by atoms with Gasteiger partial charge in [-0.1, -0.05) is 0 Å². The second kappa shape index (κ2) is 12.0. The van der Waals surface area contributed by atoms with E-state index >= 15 is 0 Å². The Kier molecular flexibility index (Phi) is 11.6. The number of hydrogen-bond acceptors (Lipinski definition) is 4. The molecule has 0 amide bonds. The van der Waals surface area contributed by atoms with Gasteiger partial charge in [-0.3, -0.25) is 13.6 Å². The van der Waals surface area contributed by atoms with Crippen LogP contribution in [0.15, 0.2) is 0 Å². The molecule has 0 aliphatic rings. The highest BCUT2D eigenvalue weighted by Crippen LogP contribution is 2.56. The zero-order valence-electron chi connectivity index (χ0n) is 18.8. The van der Waals surface area contributed by atoms with Crippen LogP contribution in [0.2, 0.25) is 0 Å². The smallest absolute Gasteiger partial charge is 0.287 e. The van der Waals surface area contributed by atoms with Gasteiger partial charge in [0.05, 0.1) is 19.8 Å². The van der Waals surface area contributed by atoms with Gasteiger partial charge in [0.15, 0.2) is 0 Å². The monoisotopic (exact) mass is 686 g/mol. The van der Waals surface area contributed by atoms with Crippen LogP contribution in [-0.4, -0.2) is 73.9 Å². The topological polar surface area (TPSA) is 44.8 Å². The summed E-state index contributed by atoms with van der Waals surface area (Å²) >= 11 is 0. The van der Waals surface area contributed by atoms with E-state index in [0.717, 1.165) is 0 Å². The molecule has 0 aliphatic heterocycles. The van der Waals surface area contributed by atoms with E-state index in [1.54, 1.807) is 0 Å². The highest BCUT2D eigenvalue weighted by atomic mass is 31.2. The minimum Gasteiger partial charge on any atom is -0.287 e. The quantitative estimate of drug-likeness (QED) is 0.152. The summed E-state index contributed by atoms with van der Waals surface area (Å²) in [5, 5.41) is 0. The molecule has 0 saturated carbocycles. The van der Waals surface area contributed by atoms with Crippen molar-refractivity contribution < 1.29 is 110 Å². The first-order chi connectivity index (χ1) is 17.6. The Morgan fingerprint density at radius 3 is 0.610 bits per heavy atom. The SMILES string of the molecule is O=P(OCCC(F)(C(F)(F)F)C(F)(F)F)(OCCC(F)(C(F)(F)F)C(F)(F)F)OCCC(F)(C(F)(F)F)C(F)(F)F. The third-order valence-electron chi connectivity index (χ3n) is 4.78. The van der Waals surface area contributed by atoms with Crippen molar-refractivity contribution in [3.63, 3.8) is 0 Å². The third-order valence-corrected chi connectivity index (χ3v) is 6.28. The lowest BCUT2D eigenvalue weighted by molar-refractivity contribution is -0.344. The van der Waals surface area contributed by atoms with Crippen molar-refractivity contribution in [1.82, 2.24) is 0 Å². The van der Waals surface area contributed by atoms with Gasteiger partial charge in [0.25, 0.3) is 0 Å². The van der Waals surface area contributed by atoms with E-state index in [-0.39, 0.29) is 0 Å². The molecular weight excluding hydrogens is 674 g/mol. The Labute approximate surface area is 212 Å². The van der Waals surface area contributed by atoms with Gasteiger partial charge in [-0.25, -0.2) is 17.7 Å². The van der Waals surface area contributed by atoms with Crippen LogP contribution in [0.3, 0.4) is 0 Å². The van der Waals surface area contributed by atoms with E-state index < -0.39 is 101 Å². The molecule has 0 saturated heterocycles. The molecule has 0 spiro atoms. The van der Waals surface area contributed by atoms with Crippen LogP contribution in [0, 0.1) is 0 Å². The van der Waals surface area contributed by atoms with Crippen molar-refractivity contribution in [3.8, 4) is 0 Å². The molecule has 0 aliphatic carbocycles. The van der Waals surface area contributed by atoms with E-state index in [9.17, 15) is 96.8 Å². The van der Waals surface area contributed by atoms with Crippen LogP contribution in [-0.2, 0) is 18.1 Å². The summed E-state index contributed by atoms with van der Waals surface area (Å²) in [6, 6.07) is 0. The fourth-order valence-corrected chi connectivity index (χ4v) is 3.51. The summed E-state index contributed by atoms with van der Waals surface area (Å²) in [6.07, 6.45) is -50.1. The van der Waals surface area contributed by atoms with Crippen molar-refractivity contribution in [2.24, 2.45) is 0 Å². The van der Waals surface area contributed by atoms with Crippen molar-refractivity contribution >= 4 is 7.82 Å². The molecule has 0 rings (SSSR count). The summed E-state index contributed by atoms with van der Waals surface area (Å²) in [6.45, 7) is -7.69. The normalized spacial score (nSPS) is 15.9. The second-order valence-electron chi connectivity index (χ2n) is 7.59. The van der Waals surface area contributed by atoms with Crippen LogP contribution in [0.1, 0.15) is 19.3 Å². The van der Waals surface area contributed by atoms with Crippen LogP contribution in [0.4, 0.5) is 92.2 Å². The average Bonchev–Trinajstić information content (AvgIpc) is 2.68. The fraction of sp³-hybridized carbons (Fsp3) is 1.00. The average molecular weight is 686 g/mol. The predicted molar refractivity (Wildman–Crippen MR) is 87.2 cm³/mol. The molecule has 248 valence electrons. The van der Waals surface area contributed by atoms with Gasteiger partial charge in [0.2, 0.25) is 0 Å². The van der Waals surface area contributed by atoms with Crippen LogP contribution in [0.5, 0.6) is 0 Å². The molecule has 0 fully saturated rings. The van der Waals surface area contributed by atoms with Gasteiger partial charge < -0.3 is 0 Å². The molecule has 0 unspecified atom stereocenters. The number of phosphoric acid groups is 1. The third kappa shape index (κ3) is 8.83. The molecule has 0 heterocycles. The molecule has 0 aromatic rings.